The second-order valence-electron chi connectivity index (χ2n) is 18.1. The highest BCUT2D eigenvalue weighted by molar-refractivity contribution is 6.07. The Hall–Kier alpha value is -5.73. The summed E-state index contributed by atoms with van der Waals surface area (Å²) in [5, 5.41) is 18.7. The lowest BCUT2D eigenvalue weighted by Crippen LogP contribution is -2.52. The van der Waals surface area contributed by atoms with Gasteiger partial charge >= 0.3 is 5.97 Å². The van der Waals surface area contributed by atoms with Crippen molar-refractivity contribution in [3.63, 3.8) is 0 Å². The van der Waals surface area contributed by atoms with Gasteiger partial charge in [-0.15, -0.1) is 0 Å². The Balaban J connectivity index is 0.954. The summed E-state index contributed by atoms with van der Waals surface area (Å²) in [4.78, 5) is 44.1. The number of nitrogen functional groups attached to an aromatic ring is 1. The number of allylic oxidation sites excluding steroid dienone is 1. The summed E-state index contributed by atoms with van der Waals surface area (Å²) in [6.07, 6.45) is 11.1. The number of ether oxygens (including phenoxy) is 3. The quantitative estimate of drug-likeness (QED) is 0.0608. The summed E-state index contributed by atoms with van der Waals surface area (Å²) >= 11 is 0. The first-order valence-electron chi connectivity index (χ1n) is 22.1. The van der Waals surface area contributed by atoms with Gasteiger partial charge in [-0.2, -0.15) is 0 Å². The lowest BCUT2D eigenvalue weighted by Gasteiger charge is -2.45. The number of nitrogens with two attached hydrogens (primary N) is 1. The molecule has 14 nitrogen and oxygen atoms in total. The van der Waals surface area contributed by atoms with Crippen molar-refractivity contribution in [2.24, 2.45) is 10.9 Å². The minimum Gasteiger partial charge on any atom is -0.507 e. The molecule has 5 aliphatic rings. The van der Waals surface area contributed by atoms with E-state index in [9.17, 15) is 14.7 Å². The van der Waals surface area contributed by atoms with Gasteiger partial charge in [0.2, 0.25) is 0 Å². The molecule has 3 aromatic heterocycles. The Kier molecular flexibility index (Phi) is 11.1. The molecule has 5 atom stereocenters. The number of nitrogens with zero attached hydrogens (tertiary/aromatic N) is 4. The molecule has 2 fully saturated rings. The fourth-order valence-electron chi connectivity index (χ4n) is 9.97. The van der Waals surface area contributed by atoms with E-state index in [1.54, 1.807) is 13.0 Å². The Morgan fingerprint density at radius 3 is 2.74 bits per heavy atom. The first kappa shape index (κ1) is 41.6. The summed E-state index contributed by atoms with van der Waals surface area (Å²) in [5.41, 5.74) is 10.6. The molecular formula is C48H57N7O7. The number of unbranched alkanes of at least 4 members (excludes halogenated alkanes) is 2. The smallest absolute Gasteiger partial charge is 0.341 e. The van der Waals surface area contributed by atoms with Crippen LogP contribution in [-0.4, -0.2) is 81.7 Å². The van der Waals surface area contributed by atoms with Crippen LogP contribution >= 0.6 is 0 Å². The normalized spacial score (nSPS) is 24.6. The number of carbonyl (C=O) groups excluding carboxylic acids is 1. The average Bonchev–Trinajstić information content (AvgIpc) is 3.52. The summed E-state index contributed by atoms with van der Waals surface area (Å²) in [7, 11) is 1.91. The highest BCUT2D eigenvalue weighted by Gasteiger charge is 2.65. The Labute approximate surface area is 361 Å². The van der Waals surface area contributed by atoms with Crippen molar-refractivity contribution in [2.75, 3.05) is 37.7 Å². The van der Waals surface area contributed by atoms with Crippen LogP contribution in [0, 0.1) is 12.8 Å². The van der Waals surface area contributed by atoms with E-state index in [0.29, 0.717) is 68.1 Å². The van der Waals surface area contributed by atoms with Gasteiger partial charge in [0.1, 0.15) is 51.6 Å². The fourth-order valence-corrected chi connectivity index (χ4v) is 9.97. The molecule has 62 heavy (non-hydrogen) atoms. The standard InChI is InChI=1S/C48H57N7O7/c1-6-7-8-14-52-41-21-31(20-32(53-41)25-55-24-30-12-15-51-35(30)26-55)34-18-28(19-40(49)54-34)9-10-39-48(62-39)13-11-29(23-50-5)17-33-42-38(61-47(3,4)45(33)60-46(48)58)22-37-43(44(42)57)36(56)16-27(2)59-37/h12,15-16,18-22,24,29,33,39,45,50,57H,6-11,13-14,17,23,25-26H2,1-5H3,(H2,49,54)(H,52,53)/t29-,33+,39+,45-,48-/m1/s1. The van der Waals surface area contributed by atoms with E-state index in [4.69, 9.17) is 34.3 Å². The number of pyridine rings is 2. The number of hydrogen-bond acceptors (Lipinski definition) is 14. The Morgan fingerprint density at radius 1 is 1.08 bits per heavy atom. The van der Waals surface area contributed by atoms with E-state index in [1.807, 2.05) is 45.3 Å². The summed E-state index contributed by atoms with van der Waals surface area (Å²) in [6.45, 7) is 10.5. The van der Waals surface area contributed by atoms with Crippen molar-refractivity contribution in [2.45, 2.75) is 115 Å². The number of carbonyl (C=O) groups is 1. The third kappa shape index (κ3) is 8.06. The molecule has 8 heterocycles. The number of aromatic hydroxyl groups is 1. The van der Waals surface area contributed by atoms with Crippen molar-refractivity contribution in [3.05, 3.63) is 93.3 Å². The molecular weight excluding hydrogens is 787 g/mol. The van der Waals surface area contributed by atoms with Crippen LogP contribution in [0.25, 0.3) is 22.2 Å². The number of nitrogens with one attached hydrogen (secondary N) is 2. The lowest BCUT2D eigenvalue weighted by molar-refractivity contribution is -0.170. The third-order valence-corrected chi connectivity index (χ3v) is 13.0. The van der Waals surface area contributed by atoms with Gasteiger partial charge in [-0.3, -0.25) is 9.79 Å². The van der Waals surface area contributed by atoms with E-state index in [1.165, 1.54) is 6.07 Å². The van der Waals surface area contributed by atoms with Gasteiger partial charge in [0.15, 0.2) is 11.0 Å². The van der Waals surface area contributed by atoms with Crippen molar-refractivity contribution < 1.29 is 28.5 Å². The number of epoxide rings is 1. The minimum absolute atomic E-state index is 0.0918. The molecule has 1 spiro atoms. The van der Waals surface area contributed by atoms with Crippen LogP contribution in [0.5, 0.6) is 11.5 Å². The molecule has 326 valence electrons. The Bertz CT molecular complexity index is 2560. The van der Waals surface area contributed by atoms with Gasteiger partial charge in [-0.1, -0.05) is 19.8 Å². The zero-order valence-electron chi connectivity index (χ0n) is 36.3. The molecule has 1 aromatic carbocycles. The molecule has 0 saturated carbocycles. The zero-order chi connectivity index (χ0) is 43.3. The summed E-state index contributed by atoms with van der Waals surface area (Å²) in [6, 6.07) is 11.1. The SMILES string of the molecule is CCCCCNc1cc(-c2cc(CC[C@@H]3O[C@]34CC[C@@H](CNC)C[C@H]3c5c(cc6oc(C)cc(=O)c6c5O)OC(C)(C)[C@@H]3OC4=O)cc(N)n2)cc(CN2C=C3C=CN=C3C2)n1. The van der Waals surface area contributed by atoms with Crippen molar-refractivity contribution in [1.29, 1.82) is 0 Å². The molecule has 9 rings (SSSR count). The molecule has 2 saturated heterocycles. The number of esters is 1. The maximum absolute atomic E-state index is 14.5. The first-order chi connectivity index (χ1) is 29.8. The number of anilines is 2. The van der Waals surface area contributed by atoms with E-state index >= 15 is 0 Å². The predicted molar refractivity (Wildman–Crippen MR) is 238 cm³/mol. The Morgan fingerprint density at radius 2 is 1.94 bits per heavy atom. The molecule has 5 aliphatic heterocycles. The van der Waals surface area contributed by atoms with E-state index in [0.717, 1.165) is 72.0 Å². The van der Waals surface area contributed by atoms with Crippen LogP contribution in [0.2, 0.25) is 0 Å². The van der Waals surface area contributed by atoms with Crippen molar-refractivity contribution in [1.82, 2.24) is 20.2 Å². The number of fused-ring (bicyclic) bond motifs is 5. The van der Waals surface area contributed by atoms with Crippen LogP contribution in [-0.2, 0) is 27.2 Å². The topological polar surface area (TPSA) is 190 Å². The second kappa shape index (κ2) is 16.5. The van der Waals surface area contributed by atoms with Gasteiger partial charge < -0.3 is 45.0 Å². The number of benzene rings is 1. The van der Waals surface area contributed by atoms with E-state index in [2.05, 4.69) is 45.8 Å². The number of phenolic OH excluding ortho intramolecular Hbond substituents is 1. The van der Waals surface area contributed by atoms with Gasteiger partial charge in [0, 0.05) is 53.7 Å². The maximum atomic E-state index is 14.5. The largest absolute Gasteiger partial charge is 0.507 e. The minimum atomic E-state index is -1.12. The van der Waals surface area contributed by atoms with Gasteiger partial charge in [-0.05, 0) is 115 Å². The monoisotopic (exact) mass is 843 g/mol. The van der Waals surface area contributed by atoms with Crippen LogP contribution in [0.3, 0.4) is 0 Å². The number of aromatic nitrogens is 2. The maximum Gasteiger partial charge on any atom is 0.341 e. The van der Waals surface area contributed by atoms with Crippen LogP contribution in [0.1, 0.15) is 94.2 Å². The van der Waals surface area contributed by atoms with Crippen molar-refractivity contribution in [3.8, 4) is 22.8 Å². The zero-order valence-corrected chi connectivity index (χ0v) is 36.3. The number of aliphatic imine (C=N–C) groups is 1. The van der Waals surface area contributed by atoms with E-state index < -0.39 is 29.2 Å². The predicted octanol–water partition coefficient (Wildman–Crippen LogP) is 7.07. The molecule has 4 aromatic rings. The van der Waals surface area contributed by atoms with Gasteiger partial charge in [-0.25, -0.2) is 14.8 Å². The van der Waals surface area contributed by atoms with Crippen LogP contribution in [0.15, 0.2) is 74.7 Å². The summed E-state index contributed by atoms with van der Waals surface area (Å²) < 4.78 is 25.3. The molecule has 0 bridgehead atoms. The number of aryl methyl sites for hydroxylation is 2. The lowest BCUT2D eigenvalue weighted by atomic mass is 9.75. The number of phenols is 1. The molecule has 0 unspecified atom stereocenters. The number of rotatable bonds is 13. The number of hydrogen-bond donors (Lipinski definition) is 4. The fraction of sp³-hybridized carbons (Fsp3) is 0.479. The van der Waals surface area contributed by atoms with Gasteiger partial charge in [0.05, 0.1) is 36.3 Å². The molecule has 14 heteroatoms. The highest BCUT2D eigenvalue weighted by Crippen LogP contribution is 2.54. The second-order valence-corrected chi connectivity index (χ2v) is 18.1. The first-order valence-corrected chi connectivity index (χ1v) is 22.1. The molecule has 0 amide bonds. The van der Waals surface area contributed by atoms with E-state index in [-0.39, 0.29) is 34.2 Å². The van der Waals surface area contributed by atoms with Crippen molar-refractivity contribution >= 4 is 34.3 Å². The third-order valence-electron chi connectivity index (χ3n) is 13.0. The molecule has 5 N–H and O–H groups in total. The highest BCUT2D eigenvalue weighted by atomic mass is 16.7. The van der Waals surface area contributed by atoms with Crippen LogP contribution in [0.4, 0.5) is 11.6 Å². The molecule has 0 aliphatic carbocycles. The van der Waals surface area contributed by atoms with Crippen LogP contribution < -0.4 is 26.5 Å². The summed E-state index contributed by atoms with van der Waals surface area (Å²) in [5.74, 6) is 1.08. The molecule has 0 radical (unpaired) electrons. The average molecular weight is 844 g/mol. The van der Waals surface area contributed by atoms with Gasteiger partial charge in [0.25, 0.3) is 0 Å².